The Bertz CT molecular complexity index is 505. The molecule has 0 aliphatic carbocycles. The zero-order valence-corrected chi connectivity index (χ0v) is 10.9. The van der Waals surface area contributed by atoms with Crippen molar-refractivity contribution in [2.75, 3.05) is 7.11 Å². The van der Waals surface area contributed by atoms with Crippen LogP contribution in [0.15, 0.2) is 28.8 Å². The Morgan fingerprint density at radius 3 is 2.29 bits per heavy atom. The van der Waals surface area contributed by atoms with Gasteiger partial charge in [0, 0.05) is 5.56 Å². The molecule has 7 heteroatoms. The van der Waals surface area contributed by atoms with Crippen LogP contribution in [0.25, 0.3) is 11.4 Å². The summed E-state index contributed by atoms with van der Waals surface area (Å²) < 4.78 is 8.18. The summed E-state index contributed by atoms with van der Waals surface area (Å²) in [6.07, 6.45) is 0. The molecule has 0 atom stereocenters. The van der Waals surface area contributed by atoms with E-state index in [1.807, 2.05) is 0 Å². The molecule has 0 radical (unpaired) electrons. The number of alkyl halides is 3. The maximum atomic E-state index is 5.62. The second-order valence-electron chi connectivity index (χ2n) is 3.15. The highest BCUT2D eigenvalue weighted by Gasteiger charge is 2.30. The molecule has 2 rings (SSSR count). The van der Waals surface area contributed by atoms with Crippen molar-refractivity contribution >= 4 is 34.8 Å². The predicted molar refractivity (Wildman–Crippen MR) is 65.5 cm³/mol. The van der Waals surface area contributed by atoms with E-state index < -0.39 is 3.79 Å². The molecule has 1 aromatic carbocycles. The number of rotatable bonds is 2. The number of halogens is 3. The van der Waals surface area contributed by atoms with E-state index in [1.165, 1.54) is 0 Å². The molecule has 0 N–H and O–H groups in total. The molecule has 17 heavy (non-hydrogen) atoms. The minimum atomic E-state index is -1.71. The van der Waals surface area contributed by atoms with Gasteiger partial charge in [0.15, 0.2) is 0 Å². The van der Waals surface area contributed by atoms with Crippen LogP contribution in [-0.2, 0) is 3.79 Å². The van der Waals surface area contributed by atoms with Crippen molar-refractivity contribution in [2.24, 2.45) is 0 Å². The van der Waals surface area contributed by atoms with E-state index in [2.05, 4.69) is 10.1 Å². The standard InChI is InChI=1S/C10H7Cl3N2O2/c1-16-7-4-2-6(3-5-7)8-14-9(17-15-8)10(11,12)13/h2-5H,1H3. The summed E-state index contributed by atoms with van der Waals surface area (Å²) in [4.78, 5) is 3.99. The average molecular weight is 294 g/mol. The molecule has 0 aliphatic heterocycles. The lowest BCUT2D eigenvalue weighted by atomic mass is 10.2. The molecule has 0 amide bonds. The van der Waals surface area contributed by atoms with Gasteiger partial charge < -0.3 is 9.26 Å². The first-order valence-corrected chi connectivity index (χ1v) is 5.69. The average Bonchev–Trinajstić information content (AvgIpc) is 2.78. The topological polar surface area (TPSA) is 48.2 Å². The van der Waals surface area contributed by atoms with Gasteiger partial charge in [-0.05, 0) is 24.3 Å². The lowest BCUT2D eigenvalue weighted by Gasteiger charge is -2.01. The van der Waals surface area contributed by atoms with E-state index in [9.17, 15) is 0 Å². The fourth-order valence-corrected chi connectivity index (χ4v) is 1.43. The monoisotopic (exact) mass is 292 g/mol. The smallest absolute Gasteiger partial charge is 0.279 e. The zero-order valence-electron chi connectivity index (χ0n) is 8.65. The highest BCUT2D eigenvalue weighted by Crippen LogP contribution is 2.37. The van der Waals surface area contributed by atoms with Gasteiger partial charge in [-0.3, -0.25) is 0 Å². The van der Waals surface area contributed by atoms with Gasteiger partial charge in [-0.15, -0.1) is 0 Å². The maximum absolute atomic E-state index is 5.62. The highest BCUT2D eigenvalue weighted by molar-refractivity contribution is 6.66. The third-order valence-electron chi connectivity index (χ3n) is 2.02. The third kappa shape index (κ3) is 2.83. The third-order valence-corrected chi connectivity index (χ3v) is 2.50. The van der Waals surface area contributed by atoms with Gasteiger partial charge in [0.05, 0.1) is 7.11 Å². The molecule has 1 aromatic heterocycles. The molecule has 2 aromatic rings. The van der Waals surface area contributed by atoms with Gasteiger partial charge >= 0.3 is 0 Å². The van der Waals surface area contributed by atoms with Crippen molar-refractivity contribution < 1.29 is 9.26 Å². The van der Waals surface area contributed by atoms with Crippen LogP contribution in [0.2, 0.25) is 0 Å². The predicted octanol–water partition coefficient (Wildman–Crippen LogP) is 3.57. The van der Waals surface area contributed by atoms with E-state index in [0.717, 1.165) is 11.3 Å². The van der Waals surface area contributed by atoms with Crippen LogP contribution >= 0.6 is 34.8 Å². The number of benzene rings is 1. The molecule has 0 saturated carbocycles. The van der Waals surface area contributed by atoms with Crippen LogP contribution in [-0.4, -0.2) is 17.3 Å². The summed E-state index contributed by atoms with van der Waals surface area (Å²) in [5, 5.41) is 3.73. The Balaban J connectivity index is 2.30. The van der Waals surface area contributed by atoms with Crippen LogP contribution in [0.3, 0.4) is 0 Å². The lowest BCUT2D eigenvalue weighted by Crippen LogP contribution is -1.99. The quantitative estimate of drug-likeness (QED) is 0.794. The Kier molecular flexibility index (Phi) is 3.47. The summed E-state index contributed by atoms with van der Waals surface area (Å²) >= 11 is 16.9. The van der Waals surface area contributed by atoms with Gasteiger partial charge in [-0.25, -0.2) is 0 Å². The van der Waals surface area contributed by atoms with Gasteiger partial charge in [0.2, 0.25) is 5.82 Å². The van der Waals surface area contributed by atoms with Crippen molar-refractivity contribution in [3.8, 4) is 17.1 Å². The van der Waals surface area contributed by atoms with Crippen molar-refractivity contribution in [1.82, 2.24) is 10.1 Å². The number of aromatic nitrogens is 2. The first kappa shape index (κ1) is 12.5. The number of nitrogens with zero attached hydrogens (tertiary/aromatic N) is 2. The molecule has 0 unspecified atom stereocenters. The molecule has 0 spiro atoms. The summed E-state index contributed by atoms with van der Waals surface area (Å²) in [5.74, 6) is 1.03. The highest BCUT2D eigenvalue weighted by atomic mass is 35.6. The van der Waals surface area contributed by atoms with Gasteiger partial charge in [0.25, 0.3) is 9.68 Å². The molecule has 4 nitrogen and oxygen atoms in total. The SMILES string of the molecule is COc1ccc(-c2noc(C(Cl)(Cl)Cl)n2)cc1. The van der Waals surface area contributed by atoms with Crippen molar-refractivity contribution in [3.63, 3.8) is 0 Å². The number of methoxy groups -OCH3 is 1. The summed E-state index contributed by atoms with van der Waals surface area (Å²) in [5.41, 5.74) is 0.745. The first-order chi connectivity index (χ1) is 8.00. The molecular weight excluding hydrogens is 286 g/mol. The molecule has 90 valence electrons. The van der Waals surface area contributed by atoms with Crippen molar-refractivity contribution in [1.29, 1.82) is 0 Å². The fraction of sp³-hybridized carbons (Fsp3) is 0.200. The second kappa shape index (κ2) is 4.72. The molecule has 0 fully saturated rings. The molecule has 0 saturated heterocycles. The van der Waals surface area contributed by atoms with Gasteiger partial charge in [0.1, 0.15) is 5.75 Å². The Hall–Kier alpha value is -0.970. The van der Waals surface area contributed by atoms with E-state index in [-0.39, 0.29) is 5.89 Å². The largest absolute Gasteiger partial charge is 0.497 e. The number of hydrogen-bond donors (Lipinski definition) is 0. The van der Waals surface area contributed by atoms with E-state index in [0.29, 0.717) is 5.82 Å². The molecule has 0 aliphatic rings. The first-order valence-electron chi connectivity index (χ1n) is 4.56. The Morgan fingerprint density at radius 1 is 1.18 bits per heavy atom. The van der Waals surface area contributed by atoms with Crippen molar-refractivity contribution in [2.45, 2.75) is 3.79 Å². The fourth-order valence-electron chi connectivity index (χ4n) is 1.20. The number of hydrogen-bond acceptors (Lipinski definition) is 4. The zero-order chi connectivity index (χ0) is 12.5. The van der Waals surface area contributed by atoms with Crippen molar-refractivity contribution in [3.05, 3.63) is 30.2 Å². The molecular formula is C10H7Cl3N2O2. The lowest BCUT2D eigenvalue weighted by molar-refractivity contribution is 0.383. The molecule has 0 bridgehead atoms. The van der Waals surface area contributed by atoms with Gasteiger partial charge in [-0.1, -0.05) is 40.0 Å². The summed E-state index contributed by atoms with van der Waals surface area (Å²) in [6.45, 7) is 0. The van der Waals surface area contributed by atoms with Crippen LogP contribution in [0, 0.1) is 0 Å². The van der Waals surface area contributed by atoms with Gasteiger partial charge in [-0.2, -0.15) is 4.98 Å². The van der Waals surface area contributed by atoms with Crippen LogP contribution in [0.5, 0.6) is 5.75 Å². The van der Waals surface area contributed by atoms with E-state index in [1.54, 1.807) is 31.4 Å². The van der Waals surface area contributed by atoms with Crippen LogP contribution in [0.1, 0.15) is 5.89 Å². The summed E-state index contributed by atoms with van der Waals surface area (Å²) in [6, 6.07) is 7.12. The minimum Gasteiger partial charge on any atom is -0.497 e. The Morgan fingerprint density at radius 2 is 1.82 bits per heavy atom. The number of ether oxygens (including phenoxy) is 1. The molecule has 1 heterocycles. The Labute approximate surface area is 112 Å². The van der Waals surface area contributed by atoms with Crippen LogP contribution < -0.4 is 4.74 Å². The van der Waals surface area contributed by atoms with Crippen LogP contribution in [0.4, 0.5) is 0 Å². The van der Waals surface area contributed by atoms with E-state index in [4.69, 9.17) is 44.1 Å². The second-order valence-corrected chi connectivity index (χ2v) is 5.43. The van der Waals surface area contributed by atoms with E-state index >= 15 is 0 Å². The summed E-state index contributed by atoms with van der Waals surface area (Å²) in [7, 11) is 1.59. The minimum absolute atomic E-state index is 0.0617. The maximum Gasteiger partial charge on any atom is 0.279 e. The normalized spacial score (nSPS) is 11.5.